The van der Waals surface area contributed by atoms with Crippen LogP contribution in [-0.4, -0.2) is 14.7 Å². The van der Waals surface area contributed by atoms with E-state index in [9.17, 15) is 17.4 Å². The van der Waals surface area contributed by atoms with Gasteiger partial charge in [0, 0.05) is 5.69 Å². The van der Waals surface area contributed by atoms with Crippen molar-refractivity contribution < 1.29 is 21.6 Å². The quantitative estimate of drug-likeness (QED) is 0.810. The highest BCUT2D eigenvalue weighted by Crippen LogP contribution is 2.21. The van der Waals surface area contributed by atoms with Crippen LogP contribution >= 0.6 is 0 Å². The van der Waals surface area contributed by atoms with Crippen LogP contribution in [0.25, 0.3) is 0 Å². The number of hydrogen-bond acceptors (Lipinski definition) is 3. The molecule has 7 heteroatoms. The maximum absolute atomic E-state index is 11.8. The molecule has 1 unspecified atom stereocenters. The van der Waals surface area contributed by atoms with Crippen LogP contribution in [0, 0.1) is 6.92 Å². The van der Waals surface area contributed by atoms with Gasteiger partial charge in [-0.2, -0.15) is 13.2 Å². The normalized spacial score (nSPS) is 13.9. The van der Waals surface area contributed by atoms with Gasteiger partial charge in [0.25, 0.3) is 11.1 Å². The summed E-state index contributed by atoms with van der Waals surface area (Å²) in [6.45, 7) is 1.28. The molecule has 0 aliphatic carbocycles. The Labute approximate surface area is 86.9 Å². The number of pyridine rings is 1. The van der Waals surface area contributed by atoms with Gasteiger partial charge in [0.15, 0.2) is 0 Å². The second kappa shape index (κ2) is 4.71. The molecule has 0 saturated heterocycles. The van der Waals surface area contributed by atoms with Crippen molar-refractivity contribution in [1.82, 2.24) is 4.98 Å². The van der Waals surface area contributed by atoms with E-state index in [-0.39, 0.29) is 0 Å². The maximum Gasteiger partial charge on any atom is 0.497 e. The average Bonchev–Trinajstić information content (AvgIpc) is 2.12. The molecular formula is C8H8F3NO2S. The van der Waals surface area contributed by atoms with Crippen LogP contribution in [0.1, 0.15) is 11.4 Å². The van der Waals surface area contributed by atoms with E-state index in [2.05, 4.69) is 9.17 Å². The predicted octanol–water partition coefficient (Wildman–Crippen LogP) is 2.09. The first kappa shape index (κ1) is 12.1. The SMILES string of the molecule is Cc1cccc(COS(=O)C(F)(F)F)n1. The van der Waals surface area contributed by atoms with Crippen LogP contribution in [0.5, 0.6) is 0 Å². The molecule has 0 aliphatic rings. The molecule has 3 nitrogen and oxygen atoms in total. The maximum atomic E-state index is 11.8. The molecule has 1 rings (SSSR count). The lowest BCUT2D eigenvalue weighted by atomic mass is 10.3. The fourth-order valence-corrected chi connectivity index (χ4v) is 1.22. The molecule has 15 heavy (non-hydrogen) atoms. The molecule has 1 aromatic heterocycles. The Bertz CT molecular complexity index is 367. The number of rotatable bonds is 3. The molecule has 1 aromatic rings. The van der Waals surface area contributed by atoms with Gasteiger partial charge in [-0.1, -0.05) is 6.07 Å². The van der Waals surface area contributed by atoms with Crippen molar-refractivity contribution in [2.75, 3.05) is 0 Å². The molecule has 0 bridgehead atoms. The van der Waals surface area contributed by atoms with Crippen molar-refractivity contribution in [1.29, 1.82) is 0 Å². The summed E-state index contributed by atoms with van der Waals surface area (Å²) >= 11 is -3.28. The Morgan fingerprint density at radius 1 is 1.47 bits per heavy atom. The van der Waals surface area contributed by atoms with Crippen LogP contribution < -0.4 is 0 Å². The van der Waals surface area contributed by atoms with Crippen LogP contribution in [0.4, 0.5) is 13.2 Å². The number of aromatic nitrogens is 1. The minimum absolute atomic E-state index is 0.313. The number of hydrogen-bond donors (Lipinski definition) is 0. The van der Waals surface area contributed by atoms with Crippen molar-refractivity contribution in [3.8, 4) is 0 Å². The third-order valence-electron chi connectivity index (χ3n) is 1.45. The Kier molecular flexibility index (Phi) is 3.81. The lowest BCUT2D eigenvalue weighted by Gasteiger charge is -2.06. The number of halogens is 3. The van der Waals surface area contributed by atoms with Gasteiger partial charge in [-0.3, -0.25) is 9.17 Å². The summed E-state index contributed by atoms with van der Waals surface area (Å²) in [5.74, 6) is 0. The molecule has 1 heterocycles. The van der Waals surface area contributed by atoms with E-state index in [1.165, 1.54) is 6.07 Å². The van der Waals surface area contributed by atoms with E-state index < -0.39 is 23.2 Å². The van der Waals surface area contributed by atoms with Crippen LogP contribution in [-0.2, 0) is 21.9 Å². The Morgan fingerprint density at radius 2 is 2.13 bits per heavy atom. The third kappa shape index (κ3) is 3.96. The average molecular weight is 239 g/mol. The van der Waals surface area contributed by atoms with E-state index in [0.717, 1.165) is 0 Å². The van der Waals surface area contributed by atoms with Crippen molar-refractivity contribution in [3.63, 3.8) is 0 Å². The van der Waals surface area contributed by atoms with Gasteiger partial charge in [-0.15, -0.1) is 0 Å². The standard InChI is InChI=1S/C8H8F3NO2S/c1-6-3-2-4-7(12-6)5-14-15(13)8(9,10)11/h2-4H,5H2,1H3. The number of aryl methyl sites for hydroxylation is 1. The smallest absolute Gasteiger partial charge is 0.277 e. The first-order valence-electron chi connectivity index (χ1n) is 3.94. The summed E-state index contributed by atoms with van der Waals surface area (Å²) < 4.78 is 49.9. The molecule has 0 aromatic carbocycles. The van der Waals surface area contributed by atoms with E-state index in [4.69, 9.17) is 0 Å². The van der Waals surface area contributed by atoms with Crippen LogP contribution in [0.2, 0.25) is 0 Å². The van der Waals surface area contributed by atoms with E-state index in [1.54, 1.807) is 19.1 Å². The highest BCUT2D eigenvalue weighted by atomic mass is 32.2. The number of nitrogens with zero attached hydrogens (tertiary/aromatic N) is 1. The van der Waals surface area contributed by atoms with Crippen LogP contribution in [0.15, 0.2) is 18.2 Å². The number of alkyl halides is 3. The Balaban J connectivity index is 2.55. The first-order chi connectivity index (χ1) is 6.89. The fourth-order valence-electron chi connectivity index (χ4n) is 0.861. The van der Waals surface area contributed by atoms with Gasteiger partial charge in [-0.25, -0.2) is 4.21 Å². The van der Waals surface area contributed by atoms with Gasteiger partial charge in [0.2, 0.25) is 0 Å². The molecule has 0 saturated carbocycles. The van der Waals surface area contributed by atoms with Gasteiger partial charge in [0.1, 0.15) is 6.61 Å². The second-order valence-corrected chi connectivity index (χ2v) is 3.88. The lowest BCUT2D eigenvalue weighted by Crippen LogP contribution is -2.18. The molecular weight excluding hydrogens is 231 g/mol. The second-order valence-electron chi connectivity index (χ2n) is 2.71. The monoisotopic (exact) mass is 239 g/mol. The minimum Gasteiger partial charge on any atom is -0.277 e. The van der Waals surface area contributed by atoms with Gasteiger partial charge < -0.3 is 0 Å². The Morgan fingerprint density at radius 3 is 2.67 bits per heavy atom. The minimum atomic E-state index is -4.84. The molecule has 84 valence electrons. The predicted molar refractivity (Wildman–Crippen MR) is 48.0 cm³/mol. The first-order valence-corrected chi connectivity index (χ1v) is 5.01. The zero-order chi connectivity index (χ0) is 11.5. The zero-order valence-electron chi connectivity index (χ0n) is 7.75. The third-order valence-corrected chi connectivity index (χ3v) is 2.16. The van der Waals surface area contributed by atoms with Crippen molar-refractivity contribution in [3.05, 3.63) is 29.6 Å². The topological polar surface area (TPSA) is 39.2 Å². The highest BCUT2D eigenvalue weighted by Gasteiger charge is 2.38. The fraction of sp³-hybridized carbons (Fsp3) is 0.375. The van der Waals surface area contributed by atoms with E-state index in [0.29, 0.717) is 11.4 Å². The van der Waals surface area contributed by atoms with Crippen LogP contribution in [0.3, 0.4) is 0 Å². The summed E-state index contributed by atoms with van der Waals surface area (Å²) in [5, 5.41) is 0. The summed E-state index contributed by atoms with van der Waals surface area (Å²) in [5.41, 5.74) is -3.87. The Hall–Kier alpha value is -0.950. The lowest BCUT2D eigenvalue weighted by molar-refractivity contribution is -0.0477. The van der Waals surface area contributed by atoms with Crippen molar-refractivity contribution in [2.24, 2.45) is 0 Å². The molecule has 0 radical (unpaired) electrons. The van der Waals surface area contributed by atoms with E-state index in [1.807, 2.05) is 0 Å². The summed E-state index contributed by atoms with van der Waals surface area (Å²) in [6.07, 6.45) is 0. The molecule has 0 N–H and O–H groups in total. The molecule has 0 amide bonds. The molecule has 0 fully saturated rings. The highest BCUT2D eigenvalue weighted by molar-refractivity contribution is 7.81. The molecule has 0 aliphatic heterocycles. The zero-order valence-corrected chi connectivity index (χ0v) is 8.56. The summed E-state index contributed by atoms with van der Waals surface area (Å²) in [7, 11) is 0. The van der Waals surface area contributed by atoms with Gasteiger partial charge in [-0.05, 0) is 19.1 Å². The molecule has 0 spiro atoms. The largest absolute Gasteiger partial charge is 0.497 e. The van der Waals surface area contributed by atoms with Crippen molar-refractivity contribution >= 4 is 11.1 Å². The van der Waals surface area contributed by atoms with E-state index >= 15 is 0 Å². The summed E-state index contributed by atoms with van der Waals surface area (Å²) in [4.78, 5) is 3.90. The van der Waals surface area contributed by atoms with Gasteiger partial charge in [0.05, 0.1) is 5.69 Å². The van der Waals surface area contributed by atoms with Crippen molar-refractivity contribution in [2.45, 2.75) is 19.0 Å². The summed E-state index contributed by atoms with van der Waals surface area (Å²) in [6, 6.07) is 4.84. The molecule has 1 atom stereocenters. The van der Waals surface area contributed by atoms with Gasteiger partial charge >= 0.3 is 5.51 Å².